The quantitative estimate of drug-likeness (QED) is 0.842. The van der Waals surface area contributed by atoms with Gasteiger partial charge in [0.2, 0.25) is 0 Å². The summed E-state index contributed by atoms with van der Waals surface area (Å²) in [6.07, 6.45) is 1.38. The number of nitrogens with zero attached hydrogens (tertiary/aromatic N) is 1. The van der Waals surface area contributed by atoms with Gasteiger partial charge in [-0.2, -0.15) is 0 Å². The van der Waals surface area contributed by atoms with Crippen LogP contribution in [0, 0.1) is 0 Å². The highest BCUT2D eigenvalue weighted by atomic mass is 16.5. The highest BCUT2D eigenvalue weighted by Crippen LogP contribution is 2.19. The van der Waals surface area contributed by atoms with Gasteiger partial charge in [-0.15, -0.1) is 0 Å². The van der Waals surface area contributed by atoms with Crippen molar-refractivity contribution in [3.8, 4) is 17.0 Å². The number of hydrogen-bond donors (Lipinski definition) is 1. The first-order valence-electron chi connectivity index (χ1n) is 5.63. The molecule has 0 aliphatic rings. The van der Waals surface area contributed by atoms with E-state index in [4.69, 9.17) is 9.84 Å². The Bertz CT molecular complexity index is 532. The first-order chi connectivity index (χ1) is 8.70. The fourth-order valence-electron chi connectivity index (χ4n) is 1.55. The molecule has 0 radical (unpaired) electrons. The lowest BCUT2D eigenvalue weighted by Gasteiger charge is -2.04. The monoisotopic (exact) mass is 243 g/mol. The number of ether oxygens (including phenoxy) is 1. The van der Waals surface area contributed by atoms with E-state index in [1.165, 1.54) is 6.20 Å². The molecule has 1 heterocycles. The van der Waals surface area contributed by atoms with Gasteiger partial charge in [0.1, 0.15) is 5.75 Å². The predicted molar refractivity (Wildman–Crippen MR) is 67.3 cm³/mol. The van der Waals surface area contributed by atoms with Crippen molar-refractivity contribution < 1.29 is 14.6 Å². The molecule has 18 heavy (non-hydrogen) atoms. The minimum atomic E-state index is -0.331. The highest BCUT2D eigenvalue weighted by Gasteiger charge is 2.06. The lowest BCUT2D eigenvalue weighted by atomic mass is 10.1. The third-order valence-corrected chi connectivity index (χ3v) is 2.44. The molecule has 0 amide bonds. The largest absolute Gasteiger partial charge is 0.506 e. The second kappa shape index (κ2) is 5.31. The summed E-state index contributed by atoms with van der Waals surface area (Å²) >= 11 is 0. The van der Waals surface area contributed by atoms with Gasteiger partial charge in [0.15, 0.2) is 0 Å². The van der Waals surface area contributed by atoms with Crippen molar-refractivity contribution in [1.29, 1.82) is 0 Å². The maximum atomic E-state index is 11.5. The molecule has 0 spiro atoms. The molecule has 92 valence electrons. The van der Waals surface area contributed by atoms with Crippen molar-refractivity contribution in [3.05, 3.63) is 48.2 Å². The third kappa shape index (κ3) is 2.66. The van der Waals surface area contributed by atoms with Crippen LogP contribution in [0.1, 0.15) is 17.3 Å². The van der Waals surface area contributed by atoms with Crippen LogP contribution in [0.25, 0.3) is 11.3 Å². The third-order valence-electron chi connectivity index (χ3n) is 2.44. The van der Waals surface area contributed by atoms with Crippen molar-refractivity contribution in [2.45, 2.75) is 6.92 Å². The van der Waals surface area contributed by atoms with Gasteiger partial charge in [0, 0.05) is 5.56 Å². The maximum absolute atomic E-state index is 11.5. The van der Waals surface area contributed by atoms with E-state index >= 15 is 0 Å². The average Bonchev–Trinajstić information content (AvgIpc) is 2.40. The molecular formula is C14H13NO3. The molecule has 1 aromatic heterocycles. The van der Waals surface area contributed by atoms with Crippen LogP contribution in [0.15, 0.2) is 42.6 Å². The number of esters is 1. The highest BCUT2D eigenvalue weighted by molar-refractivity contribution is 5.89. The van der Waals surface area contributed by atoms with Crippen LogP contribution in [0.5, 0.6) is 5.75 Å². The molecule has 0 aliphatic carbocycles. The van der Waals surface area contributed by atoms with Crippen LogP contribution in [0.4, 0.5) is 0 Å². The van der Waals surface area contributed by atoms with E-state index in [2.05, 4.69) is 4.98 Å². The Balaban J connectivity index is 2.22. The van der Waals surface area contributed by atoms with Crippen molar-refractivity contribution >= 4 is 5.97 Å². The van der Waals surface area contributed by atoms with E-state index in [-0.39, 0.29) is 11.7 Å². The first-order valence-corrected chi connectivity index (χ1v) is 5.63. The average molecular weight is 243 g/mol. The van der Waals surface area contributed by atoms with Gasteiger partial charge in [0.25, 0.3) is 0 Å². The number of rotatable bonds is 3. The first kappa shape index (κ1) is 12.1. The lowest BCUT2D eigenvalue weighted by molar-refractivity contribution is 0.0526. The Morgan fingerprint density at radius 3 is 2.50 bits per heavy atom. The summed E-state index contributed by atoms with van der Waals surface area (Å²) in [6, 6.07) is 10.3. The van der Waals surface area contributed by atoms with Crippen LogP contribution in [-0.2, 0) is 4.74 Å². The molecule has 1 aromatic carbocycles. The summed E-state index contributed by atoms with van der Waals surface area (Å²) in [5.41, 5.74) is 2.13. The Labute approximate surface area is 105 Å². The summed E-state index contributed by atoms with van der Waals surface area (Å²) in [7, 11) is 0. The van der Waals surface area contributed by atoms with Crippen LogP contribution < -0.4 is 0 Å². The van der Waals surface area contributed by atoms with Crippen molar-refractivity contribution in [1.82, 2.24) is 4.98 Å². The smallest absolute Gasteiger partial charge is 0.338 e. The zero-order valence-electron chi connectivity index (χ0n) is 9.96. The molecule has 0 saturated carbocycles. The Morgan fingerprint density at radius 2 is 1.94 bits per heavy atom. The van der Waals surface area contributed by atoms with E-state index in [0.717, 1.165) is 11.3 Å². The molecule has 2 aromatic rings. The SMILES string of the molecule is CCOC(=O)c1ccc(-c2ccc(O)cn2)cc1. The van der Waals surface area contributed by atoms with Crippen LogP contribution >= 0.6 is 0 Å². The van der Waals surface area contributed by atoms with Gasteiger partial charge >= 0.3 is 5.97 Å². The summed E-state index contributed by atoms with van der Waals surface area (Å²) in [4.78, 5) is 15.6. The van der Waals surface area contributed by atoms with E-state index in [9.17, 15) is 4.79 Å². The van der Waals surface area contributed by atoms with Crippen LogP contribution in [-0.4, -0.2) is 22.7 Å². The Kier molecular flexibility index (Phi) is 3.57. The number of carbonyl (C=O) groups is 1. The normalized spacial score (nSPS) is 10.1. The fraction of sp³-hybridized carbons (Fsp3) is 0.143. The molecule has 0 saturated heterocycles. The minimum Gasteiger partial charge on any atom is -0.506 e. The number of hydrogen-bond acceptors (Lipinski definition) is 4. The Morgan fingerprint density at radius 1 is 1.22 bits per heavy atom. The van der Waals surface area contributed by atoms with Crippen LogP contribution in [0.3, 0.4) is 0 Å². The number of benzene rings is 1. The number of aromatic hydroxyl groups is 1. The van der Waals surface area contributed by atoms with E-state index < -0.39 is 0 Å². The molecule has 0 bridgehead atoms. The molecule has 4 nitrogen and oxygen atoms in total. The molecule has 0 unspecified atom stereocenters. The number of carbonyl (C=O) groups excluding carboxylic acids is 1. The molecule has 1 N–H and O–H groups in total. The zero-order valence-corrected chi connectivity index (χ0v) is 9.96. The van der Waals surface area contributed by atoms with E-state index in [0.29, 0.717) is 12.2 Å². The molecular weight excluding hydrogens is 230 g/mol. The van der Waals surface area contributed by atoms with Gasteiger partial charge in [-0.3, -0.25) is 4.98 Å². The lowest BCUT2D eigenvalue weighted by Crippen LogP contribution is -2.04. The van der Waals surface area contributed by atoms with Gasteiger partial charge in [-0.05, 0) is 31.2 Å². The molecule has 4 heteroatoms. The van der Waals surface area contributed by atoms with Gasteiger partial charge in [-0.1, -0.05) is 12.1 Å². The number of aromatic nitrogens is 1. The van der Waals surface area contributed by atoms with Gasteiger partial charge in [-0.25, -0.2) is 4.79 Å². The van der Waals surface area contributed by atoms with E-state index in [1.54, 1.807) is 43.3 Å². The van der Waals surface area contributed by atoms with Gasteiger partial charge in [0.05, 0.1) is 24.1 Å². The summed E-state index contributed by atoms with van der Waals surface area (Å²) in [5, 5.41) is 9.16. The minimum absolute atomic E-state index is 0.127. The van der Waals surface area contributed by atoms with E-state index in [1.807, 2.05) is 0 Å². The summed E-state index contributed by atoms with van der Waals surface area (Å²) in [6.45, 7) is 2.13. The van der Waals surface area contributed by atoms with Crippen LogP contribution in [0.2, 0.25) is 0 Å². The zero-order chi connectivity index (χ0) is 13.0. The maximum Gasteiger partial charge on any atom is 0.338 e. The summed E-state index contributed by atoms with van der Waals surface area (Å²) < 4.78 is 4.90. The molecule has 0 fully saturated rings. The number of pyridine rings is 1. The molecule has 2 rings (SSSR count). The van der Waals surface area contributed by atoms with Crippen molar-refractivity contribution in [2.75, 3.05) is 6.61 Å². The molecule has 0 aliphatic heterocycles. The predicted octanol–water partition coefficient (Wildman–Crippen LogP) is 2.63. The standard InChI is InChI=1S/C14H13NO3/c1-2-18-14(17)11-5-3-10(4-6-11)13-8-7-12(16)9-15-13/h3-9,16H,2H2,1H3. The van der Waals surface area contributed by atoms with Crippen molar-refractivity contribution in [2.24, 2.45) is 0 Å². The topological polar surface area (TPSA) is 59.4 Å². The summed E-state index contributed by atoms with van der Waals surface area (Å²) in [5.74, 6) is -0.204. The Hall–Kier alpha value is -2.36. The molecule has 0 atom stereocenters. The fourth-order valence-corrected chi connectivity index (χ4v) is 1.55. The second-order valence-corrected chi connectivity index (χ2v) is 3.70. The second-order valence-electron chi connectivity index (χ2n) is 3.70. The van der Waals surface area contributed by atoms with Gasteiger partial charge < -0.3 is 9.84 Å². The van der Waals surface area contributed by atoms with Crippen molar-refractivity contribution in [3.63, 3.8) is 0 Å².